The highest BCUT2D eigenvalue weighted by atomic mass is 28.4. The average Bonchev–Trinajstić information content (AvgIpc) is 3.35. The SMILES string of the molecule is C[C@H](O)C(=O)Nc1ccc2c(c1)[C@@]1(O[C@H](CC(=O)N3Cc4ccccc4C[C@H]3CO)[C@@H]([Si](C)(C)O)[C@@H]1C)C(=O)N2. The second-order valence-corrected chi connectivity index (χ2v) is 15.7. The molecular formula is C29H37N3O7Si. The molecule has 5 N–H and O–H groups in total. The molecule has 0 radical (unpaired) electrons. The van der Waals surface area contributed by atoms with Crippen LogP contribution in [0.3, 0.4) is 0 Å². The number of hydrogen-bond donors (Lipinski definition) is 5. The first-order valence-corrected chi connectivity index (χ1v) is 16.7. The van der Waals surface area contributed by atoms with Crippen LogP contribution in [0.4, 0.5) is 11.4 Å². The lowest BCUT2D eigenvalue weighted by atomic mass is 9.82. The van der Waals surface area contributed by atoms with Crippen molar-refractivity contribution in [3.63, 3.8) is 0 Å². The van der Waals surface area contributed by atoms with Crippen LogP contribution in [0, 0.1) is 5.92 Å². The van der Waals surface area contributed by atoms with Gasteiger partial charge >= 0.3 is 0 Å². The van der Waals surface area contributed by atoms with E-state index in [1.54, 1.807) is 36.2 Å². The van der Waals surface area contributed by atoms with Crippen molar-refractivity contribution in [3.05, 3.63) is 59.2 Å². The molecule has 5 rings (SSSR count). The molecule has 2 aromatic carbocycles. The number of hydrogen-bond acceptors (Lipinski definition) is 7. The summed E-state index contributed by atoms with van der Waals surface area (Å²) in [5.74, 6) is -1.65. The number of anilines is 2. The Balaban J connectivity index is 1.47. The van der Waals surface area contributed by atoms with Gasteiger partial charge in [-0.25, -0.2) is 0 Å². The first-order valence-electron chi connectivity index (χ1n) is 13.7. The van der Waals surface area contributed by atoms with Gasteiger partial charge in [0.15, 0.2) is 13.9 Å². The van der Waals surface area contributed by atoms with Crippen LogP contribution < -0.4 is 10.6 Å². The van der Waals surface area contributed by atoms with Crippen LogP contribution in [0.5, 0.6) is 0 Å². The van der Waals surface area contributed by atoms with E-state index in [0.29, 0.717) is 29.9 Å². The normalized spacial score (nSPS) is 28.2. The number of nitrogens with one attached hydrogen (secondary N) is 2. The van der Waals surface area contributed by atoms with Gasteiger partial charge in [-0.05, 0) is 55.8 Å². The maximum absolute atomic E-state index is 13.8. The topological polar surface area (TPSA) is 148 Å². The molecule has 0 bridgehead atoms. The van der Waals surface area contributed by atoms with Gasteiger partial charge in [0.05, 0.1) is 25.2 Å². The van der Waals surface area contributed by atoms with Gasteiger partial charge < -0.3 is 35.3 Å². The van der Waals surface area contributed by atoms with Gasteiger partial charge in [0.2, 0.25) is 5.91 Å². The lowest BCUT2D eigenvalue weighted by Gasteiger charge is -2.37. The molecule has 1 spiro atoms. The zero-order chi connectivity index (χ0) is 29.0. The summed E-state index contributed by atoms with van der Waals surface area (Å²) in [5, 5.41) is 25.3. The first kappa shape index (κ1) is 28.4. The molecule has 6 atom stereocenters. The second kappa shape index (κ2) is 10.4. The number of carbonyl (C=O) groups is 3. The molecule has 0 saturated carbocycles. The summed E-state index contributed by atoms with van der Waals surface area (Å²) in [6, 6.07) is 12.4. The van der Waals surface area contributed by atoms with E-state index >= 15 is 0 Å². The molecule has 3 heterocycles. The fourth-order valence-corrected chi connectivity index (χ4v) is 9.31. The summed E-state index contributed by atoms with van der Waals surface area (Å²) in [6.45, 7) is 6.99. The Labute approximate surface area is 234 Å². The quantitative estimate of drug-likeness (QED) is 0.336. The second-order valence-electron chi connectivity index (χ2n) is 11.8. The number of rotatable bonds is 6. The summed E-state index contributed by atoms with van der Waals surface area (Å²) < 4.78 is 6.60. The average molecular weight is 568 g/mol. The van der Waals surface area contributed by atoms with E-state index in [-0.39, 0.29) is 30.9 Å². The highest BCUT2D eigenvalue weighted by Crippen LogP contribution is 2.58. The lowest BCUT2D eigenvalue weighted by Crippen LogP contribution is -2.48. The molecule has 1 saturated heterocycles. The fourth-order valence-electron chi connectivity index (χ4n) is 6.75. The predicted molar refractivity (Wildman–Crippen MR) is 151 cm³/mol. The van der Waals surface area contributed by atoms with Gasteiger partial charge in [-0.3, -0.25) is 14.4 Å². The van der Waals surface area contributed by atoms with Gasteiger partial charge in [-0.1, -0.05) is 31.2 Å². The fraction of sp³-hybridized carbons (Fsp3) is 0.483. The summed E-state index contributed by atoms with van der Waals surface area (Å²) in [5.41, 5.74) is 1.67. The molecule has 1 fully saturated rings. The smallest absolute Gasteiger partial charge is 0.261 e. The van der Waals surface area contributed by atoms with Crippen molar-refractivity contribution in [1.29, 1.82) is 0 Å². The maximum Gasteiger partial charge on any atom is 0.261 e. The van der Waals surface area contributed by atoms with Crippen LogP contribution in [-0.4, -0.2) is 70.8 Å². The molecule has 0 aromatic heterocycles. The van der Waals surface area contributed by atoms with E-state index in [0.717, 1.165) is 11.1 Å². The highest BCUT2D eigenvalue weighted by Gasteiger charge is 2.65. The van der Waals surface area contributed by atoms with E-state index in [1.807, 2.05) is 31.2 Å². The number of ether oxygens (including phenoxy) is 1. The Hall–Kier alpha value is -3.09. The van der Waals surface area contributed by atoms with Crippen molar-refractivity contribution >= 4 is 37.4 Å². The number of fused-ring (bicyclic) bond motifs is 3. The molecule has 11 heteroatoms. The summed E-state index contributed by atoms with van der Waals surface area (Å²) in [4.78, 5) is 52.6. The molecule has 40 heavy (non-hydrogen) atoms. The number of benzene rings is 2. The first-order chi connectivity index (χ1) is 18.9. The van der Waals surface area contributed by atoms with Crippen molar-refractivity contribution < 1.29 is 34.1 Å². The minimum Gasteiger partial charge on any atom is -0.432 e. The third-order valence-electron chi connectivity index (χ3n) is 8.65. The zero-order valence-electron chi connectivity index (χ0n) is 23.2. The third kappa shape index (κ3) is 4.75. The lowest BCUT2D eigenvalue weighted by molar-refractivity contribution is -0.149. The zero-order valence-corrected chi connectivity index (χ0v) is 24.2. The third-order valence-corrected chi connectivity index (χ3v) is 11.2. The number of amides is 3. The molecule has 3 amide bonds. The van der Waals surface area contributed by atoms with Gasteiger partial charge in [0.25, 0.3) is 11.8 Å². The molecular weight excluding hydrogens is 530 g/mol. The summed E-state index contributed by atoms with van der Waals surface area (Å²) in [6.07, 6.45) is -1.45. The number of aliphatic hydroxyl groups excluding tert-OH is 2. The van der Waals surface area contributed by atoms with Crippen LogP contribution in [0.15, 0.2) is 42.5 Å². The van der Waals surface area contributed by atoms with Crippen molar-refractivity contribution in [2.24, 2.45) is 5.92 Å². The van der Waals surface area contributed by atoms with E-state index in [4.69, 9.17) is 4.74 Å². The summed E-state index contributed by atoms with van der Waals surface area (Å²) >= 11 is 0. The largest absolute Gasteiger partial charge is 0.432 e. The standard InChI is InChI=1S/C29H37N3O7Si/c1-16-26(40(3,4)38)24(13-25(35)32-14-19-8-6-5-7-18(19)11-21(32)15-33)39-29(16)22-12-20(30-27(36)17(2)34)9-10-23(22)31-28(29)37/h5-10,12,16-17,21,24,26,33-34,38H,11,13-15H2,1-4H3,(H,30,36)(H,31,37)/t16-,17-,21-,24+,26-,29+/m0/s1. The maximum atomic E-state index is 13.8. The number of aliphatic hydroxyl groups is 2. The Kier molecular flexibility index (Phi) is 7.38. The summed E-state index contributed by atoms with van der Waals surface area (Å²) in [7, 11) is -2.98. The van der Waals surface area contributed by atoms with E-state index < -0.39 is 43.5 Å². The van der Waals surface area contributed by atoms with Crippen molar-refractivity contribution in [3.8, 4) is 0 Å². The number of carbonyl (C=O) groups excluding carboxylic acids is 3. The monoisotopic (exact) mass is 567 g/mol. The minimum atomic E-state index is -2.98. The van der Waals surface area contributed by atoms with Crippen LogP contribution >= 0.6 is 0 Å². The van der Waals surface area contributed by atoms with Gasteiger partial charge in [-0.2, -0.15) is 0 Å². The number of nitrogens with zero attached hydrogens (tertiary/aromatic N) is 1. The highest BCUT2D eigenvalue weighted by molar-refractivity contribution is 6.71. The molecule has 10 nitrogen and oxygen atoms in total. The predicted octanol–water partition coefficient (Wildman–Crippen LogP) is 2.09. The van der Waals surface area contributed by atoms with Crippen molar-refractivity contribution in [2.75, 3.05) is 17.2 Å². The van der Waals surface area contributed by atoms with E-state index in [9.17, 15) is 29.4 Å². The van der Waals surface area contributed by atoms with Crippen LogP contribution in [0.25, 0.3) is 0 Å². The Morgan fingerprint density at radius 2 is 1.93 bits per heavy atom. The Morgan fingerprint density at radius 1 is 1.23 bits per heavy atom. The Morgan fingerprint density at radius 3 is 2.58 bits per heavy atom. The molecule has 3 aliphatic heterocycles. The molecule has 2 aromatic rings. The van der Waals surface area contributed by atoms with Crippen LogP contribution in [-0.2, 0) is 37.7 Å². The minimum absolute atomic E-state index is 0.0481. The van der Waals surface area contributed by atoms with Gasteiger partial charge in [0.1, 0.15) is 6.10 Å². The molecule has 0 unspecified atom stereocenters. The van der Waals surface area contributed by atoms with Gasteiger partial charge in [0, 0.05) is 34.9 Å². The van der Waals surface area contributed by atoms with Crippen LogP contribution in [0.1, 0.15) is 37.0 Å². The molecule has 0 aliphatic carbocycles. The Bertz CT molecular complexity index is 1340. The van der Waals surface area contributed by atoms with E-state index in [1.165, 1.54) is 6.92 Å². The van der Waals surface area contributed by atoms with Gasteiger partial charge in [-0.15, -0.1) is 0 Å². The van der Waals surface area contributed by atoms with Crippen molar-refractivity contribution in [2.45, 2.75) is 75.7 Å². The van der Waals surface area contributed by atoms with Crippen molar-refractivity contribution in [1.82, 2.24) is 4.90 Å². The molecule has 3 aliphatic rings. The van der Waals surface area contributed by atoms with Crippen LogP contribution in [0.2, 0.25) is 18.6 Å². The van der Waals surface area contributed by atoms with E-state index in [2.05, 4.69) is 10.6 Å². The molecule has 214 valence electrons.